The standard InChI is InChI=1S/C16H20FNO/c1-12(2)18-11-13(10-14-6-5-9-19-14)15-7-3-4-8-16(15)17/h3-9,12-13,18H,10-11H2,1-2H3. The first kappa shape index (κ1) is 13.8. The molecule has 0 saturated heterocycles. The van der Waals surface area contributed by atoms with Crippen LogP contribution in [0.4, 0.5) is 4.39 Å². The average molecular weight is 261 g/mol. The van der Waals surface area contributed by atoms with Gasteiger partial charge in [-0.25, -0.2) is 4.39 Å². The van der Waals surface area contributed by atoms with Crippen molar-refractivity contribution < 1.29 is 8.81 Å². The van der Waals surface area contributed by atoms with Crippen molar-refractivity contribution in [3.63, 3.8) is 0 Å². The maximum atomic E-state index is 13.9. The van der Waals surface area contributed by atoms with Gasteiger partial charge in [0, 0.05) is 24.9 Å². The molecule has 3 heteroatoms. The van der Waals surface area contributed by atoms with Gasteiger partial charge in [-0.1, -0.05) is 32.0 Å². The van der Waals surface area contributed by atoms with Gasteiger partial charge in [0.15, 0.2) is 0 Å². The van der Waals surface area contributed by atoms with Crippen molar-refractivity contribution in [1.29, 1.82) is 0 Å². The van der Waals surface area contributed by atoms with Crippen molar-refractivity contribution in [3.05, 3.63) is 59.8 Å². The molecule has 102 valence electrons. The van der Waals surface area contributed by atoms with Gasteiger partial charge in [-0.15, -0.1) is 0 Å². The molecular weight excluding hydrogens is 241 g/mol. The molecule has 1 N–H and O–H groups in total. The van der Waals surface area contributed by atoms with E-state index in [0.29, 0.717) is 12.5 Å². The van der Waals surface area contributed by atoms with Crippen LogP contribution in [-0.4, -0.2) is 12.6 Å². The second kappa shape index (κ2) is 6.53. The highest BCUT2D eigenvalue weighted by Crippen LogP contribution is 2.23. The summed E-state index contributed by atoms with van der Waals surface area (Å²) in [5, 5.41) is 3.38. The minimum Gasteiger partial charge on any atom is -0.469 e. The van der Waals surface area contributed by atoms with E-state index in [1.807, 2.05) is 24.3 Å². The second-order valence-electron chi connectivity index (χ2n) is 5.06. The van der Waals surface area contributed by atoms with Crippen LogP contribution < -0.4 is 5.32 Å². The van der Waals surface area contributed by atoms with Crippen LogP contribution in [0.1, 0.15) is 31.1 Å². The van der Waals surface area contributed by atoms with Crippen molar-refractivity contribution >= 4 is 0 Å². The summed E-state index contributed by atoms with van der Waals surface area (Å²) in [6, 6.07) is 11.1. The summed E-state index contributed by atoms with van der Waals surface area (Å²) < 4.78 is 19.3. The van der Waals surface area contributed by atoms with Crippen LogP contribution >= 0.6 is 0 Å². The fourth-order valence-electron chi connectivity index (χ4n) is 2.15. The van der Waals surface area contributed by atoms with Gasteiger partial charge in [0.1, 0.15) is 11.6 Å². The number of rotatable bonds is 6. The third kappa shape index (κ3) is 3.93. The van der Waals surface area contributed by atoms with Crippen LogP contribution in [0.25, 0.3) is 0 Å². The zero-order chi connectivity index (χ0) is 13.7. The molecule has 0 amide bonds. The molecule has 2 aromatic rings. The number of benzene rings is 1. The minimum absolute atomic E-state index is 0.0785. The van der Waals surface area contributed by atoms with Crippen molar-refractivity contribution in [1.82, 2.24) is 5.32 Å². The fraction of sp³-hybridized carbons (Fsp3) is 0.375. The number of nitrogens with one attached hydrogen (secondary N) is 1. The van der Waals surface area contributed by atoms with Crippen molar-refractivity contribution in [2.45, 2.75) is 32.2 Å². The summed E-state index contributed by atoms with van der Waals surface area (Å²) in [6.45, 7) is 4.91. The molecule has 1 atom stereocenters. The van der Waals surface area contributed by atoms with E-state index >= 15 is 0 Å². The van der Waals surface area contributed by atoms with E-state index in [1.165, 1.54) is 6.07 Å². The molecule has 1 heterocycles. The molecule has 0 aliphatic heterocycles. The summed E-state index contributed by atoms with van der Waals surface area (Å²) in [4.78, 5) is 0. The smallest absolute Gasteiger partial charge is 0.126 e. The highest BCUT2D eigenvalue weighted by atomic mass is 19.1. The van der Waals surface area contributed by atoms with E-state index < -0.39 is 0 Å². The van der Waals surface area contributed by atoms with Gasteiger partial charge in [0.25, 0.3) is 0 Å². The molecule has 0 radical (unpaired) electrons. The van der Waals surface area contributed by atoms with E-state index in [-0.39, 0.29) is 11.7 Å². The second-order valence-corrected chi connectivity index (χ2v) is 5.06. The van der Waals surface area contributed by atoms with Gasteiger partial charge >= 0.3 is 0 Å². The maximum Gasteiger partial charge on any atom is 0.126 e. The third-order valence-corrected chi connectivity index (χ3v) is 3.15. The number of halogens is 1. The molecule has 2 nitrogen and oxygen atoms in total. The minimum atomic E-state index is -0.149. The molecule has 0 spiro atoms. The Hall–Kier alpha value is -1.61. The maximum absolute atomic E-state index is 13.9. The predicted molar refractivity (Wildman–Crippen MR) is 74.7 cm³/mol. The SMILES string of the molecule is CC(C)NCC(Cc1ccco1)c1ccccc1F. The number of furan rings is 1. The lowest BCUT2D eigenvalue weighted by molar-refractivity contribution is 0.452. The first-order chi connectivity index (χ1) is 9.16. The molecule has 0 saturated carbocycles. The third-order valence-electron chi connectivity index (χ3n) is 3.15. The topological polar surface area (TPSA) is 25.2 Å². The van der Waals surface area contributed by atoms with Gasteiger partial charge in [-0.05, 0) is 23.8 Å². The fourth-order valence-corrected chi connectivity index (χ4v) is 2.15. The van der Waals surface area contributed by atoms with Crippen molar-refractivity contribution in [3.8, 4) is 0 Å². The molecule has 1 unspecified atom stereocenters. The van der Waals surface area contributed by atoms with E-state index in [9.17, 15) is 4.39 Å². The summed E-state index contributed by atoms with van der Waals surface area (Å²) in [7, 11) is 0. The lowest BCUT2D eigenvalue weighted by Crippen LogP contribution is -2.29. The molecule has 1 aromatic heterocycles. The van der Waals surface area contributed by atoms with E-state index in [4.69, 9.17) is 4.42 Å². The average Bonchev–Trinajstić information content (AvgIpc) is 2.88. The zero-order valence-corrected chi connectivity index (χ0v) is 11.4. The van der Waals surface area contributed by atoms with Gasteiger partial charge in [-0.3, -0.25) is 0 Å². The van der Waals surface area contributed by atoms with Crippen LogP contribution in [0.3, 0.4) is 0 Å². The van der Waals surface area contributed by atoms with Gasteiger partial charge in [0.2, 0.25) is 0 Å². The van der Waals surface area contributed by atoms with Gasteiger partial charge in [-0.2, -0.15) is 0 Å². The zero-order valence-electron chi connectivity index (χ0n) is 11.4. The summed E-state index contributed by atoms with van der Waals surface area (Å²) in [5.74, 6) is 0.818. The molecule has 2 rings (SSSR count). The van der Waals surface area contributed by atoms with Crippen LogP contribution in [0.5, 0.6) is 0 Å². The molecular formula is C16H20FNO. The Balaban J connectivity index is 2.16. The highest BCUT2D eigenvalue weighted by Gasteiger charge is 2.17. The summed E-state index contributed by atoms with van der Waals surface area (Å²) in [6.07, 6.45) is 2.36. The molecule has 0 bridgehead atoms. The normalized spacial score (nSPS) is 12.8. The molecule has 0 aliphatic rings. The molecule has 0 aliphatic carbocycles. The van der Waals surface area contributed by atoms with E-state index in [1.54, 1.807) is 12.3 Å². The number of hydrogen-bond donors (Lipinski definition) is 1. The summed E-state index contributed by atoms with van der Waals surface area (Å²) in [5.41, 5.74) is 0.743. The Morgan fingerprint density at radius 1 is 1.16 bits per heavy atom. The highest BCUT2D eigenvalue weighted by molar-refractivity contribution is 5.23. The van der Waals surface area contributed by atoms with Crippen LogP contribution in [-0.2, 0) is 6.42 Å². The van der Waals surface area contributed by atoms with Crippen LogP contribution in [0, 0.1) is 5.82 Å². The molecule has 0 fully saturated rings. The van der Waals surface area contributed by atoms with Crippen LogP contribution in [0.15, 0.2) is 47.1 Å². The van der Waals surface area contributed by atoms with Crippen molar-refractivity contribution in [2.75, 3.05) is 6.54 Å². The predicted octanol–water partition coefficient (Wildman–Crippen LogP) is 3.74. The van der Waals surface area contributed by atoms with Gasteiger partial charge < -0.3 is 9.73 Å². The Kier molecular flexibility index (Phi) is 4.74. The van der Waals surface area contributed by atoms with E-state index in [0.717, 1.165) is 17.9 Å². The number of hydrogen-bond acceptors (Lipinski definition) is 2. The largest absolute Gasteiger partial charge is 0.469 e. The molecule has 1 aromatic carbocycles. The summed E-state index contributed by atoms with van der Waals surface area (Å²) >= 11 is 0. The Morgan fingerprint density at radius 2 is 1.95 bits per heavy atom. The Morgan fingerprint density at radius 3 is 2.58 bits per heavy atom. The van der Waals surface area contributed by atoms with Crippen molar-refractivity contribution in [2.24, 2.45) is 0 Å². The Bertz CT molecular complexity index is 493. The Labute approximate surface area is 113 Å². The van der Waals surface area contributed by atoms with E-state index in [2.05, 4.69) is 19.2 Å². The van der Waals surface area contributed by atoms with Crippen LogP contribution in [0.2, 0.25) is 0 Å². The molecule has 19 heavy (non-hydrogen) atoms. The lowest BCUT2D eigenvalue weighted by atomic mass is 9.93. The quantitative estimate of drug-likeness (QED) is 0.857. The van der Waals surface area contributed by atoms with Gasteiger partial charge in [0.05, 0.1) is 6.26 Å². The monoisotopic (exact) mass is 261 g/mol. The first-order valence-electron chi connectivity index (χ1n) is 6.67. The first-order valence-corrected chi connectivity index (χ1v) is 6.67. The lowest BCUT2D eigenvalue weighted by Gasteiger charge is -2.19.